The number of halogens is 1. The second-order valence-electron chi connectivity index (χ2n) is 4.10. The summed E-state index contributed by atoms with van der Waals surface area (Å²) in [7, 11) is -3.51. The average Bonchev–Trinajstić information content (AvgIpc) is 2.68. The van der Waals surface area contributed by atoms with Crippen LogP contribution >= 0.6 is 0 Å². The van der Waals surface area contributed by atoms with Gasteiger partial charge in [-0.05, 0) is 31.0 Å². The SMILES string of the molecule is Nc1cc(F)ccc1S(=O)(=O)CC1CCCO1. The van der Waals surface area contributed by atoms with Gasteiger partial charge in [0.15, 0.2) is 9.84 Å². The molecule has 0 radical (unpaired) electrons. The molecule has 0 bridgehead atoms. The molecule has 1 aliphatic rings. The first-order valence-electron chi connectivity index (χ1n) is 5.38. The number of nitrogens with two attached hydrogens (primary N) is 1. The molecule has 1 fully saturated rings. The Labute approximate surface area is 99.5 Å². The fraction of sp³-hybridized carbons (Fsp3) is 0.455. The lowest BCUT2D eigenvalue weighted by molar-refractivity contribution is 0.127. The number of hydrogen-bond donors (Lipinski definition) is 1. The summed E-state index contributed by atoms with van der Waals surface area (Å²) < 4.78 is 42.2. The van der Waals surface area contributed by atoms with Gasteiger partial charge in [-0.15, -0.1) is 0 Å². The molecule has 1 heterocycles. The van der Waals surface area contributed by atoms with Crippen LogP contribution in [0.2, 0.25) is 0 Å². The molecule has 0 aromatic heterocycles. The number of anilines is 1. The Morgan fingerprint density at radius 2 is 2.24 bits per heavy atom. The van der Waals surface area contributed by atoms with Gasteiger partial charge in [0.05, 0.1) is 22.4 Å². The molecule has 1 aromatic rings. The molecule has 4 nitrogen and oxygen atoms in total. The molecule has 0 saturated carbocycles. The van der Waals surface area contributed by atoms with Crippen molar-refractivity contribution in [2.24, 2.45) is 0 Å². The lowest BCUT2D eigenvalue weighted by Gasteiger charge is -2.11. The van der Waals surface area contributed by atoms with Crippen molar-refractivity contribution in [1.82, 2.24) is 0 Å². The average molecular weight is 259 g/mol. The molecule has 1 saturated heterocycles. The van der Waals surface area contributed by atoms with Gasteiger partial charge < -0.3 is 10.5 Å². The molecule has 6 heteroatoms. The van der Waals surface area contributed by atoms with Crippen LogP contribution in [0.5, 0.6) is 0 Å². The van der Waals surface area contributed by atoms with Crippen molar-refractivity contribution in [2.45, 2.75) is 23.8 Å². The lowest BCUT2D eigenvalue weighted by Crippen LogP contribution is -2.21. The predicted molar refractivity (Wildman–Crippen MR) is 61.8 cm³/mol. The first-order valence-corrected chi connectivity index (χ1v) is 7.03. The van der Waals surface area contributed by atoms with Gasteiger partial charge in [0.1, 0.15) is 5.82 Å². The maximum absolute atomic E-state index is 12.8. The van der Waals surface area contributed by atoms with E-state index >= 15 is 0 Å². The van der Waals surface area contributed by atoms with E-state index in [1.54, 1.807) is 0 Å². The summed E-state index contributed by atoms with van der Waals surface area (Å²) in [5.74, 6) is -0.637. The summed E-state index contributed by atoms with van der Waals surface area (Å²) in [5.41, 5.74) is 5.47. The highest BCUT2D eigenvalue weighted by Crippen LogP contribution is 2.23. The third-order valence-corrected chi connectivity index (χ3v) is 4.59. The van der Waals surface area contributed by atoms with Gasteiger partial charge >= 0.3 is 0 Å². The van der Waals surface area contributed by atoms with Crippen molar-refractivity contribution < 1.29 is 17.5 Å². The molecule has 2 rings (SSSR count). The highest BCUT2D eigenvalue weighted by Gasteiger charge is 2.26. The zero-order valence-electron chi connectivity index (χ0n) is 9.23. The fourth-order valence-corrected chi connectivity index (χ4v) is 3.54. The second kappa shape index (κ2) is 4.62. The third-order valence-electron chi connectivity index (χ3n) is 2.74. The van der Waals surface area contributed by atoms with E-state index in [-0.39, 0.29) is 22.4 Å². The standard InChI is InChI=1S/C11H14FNO3S/c12-8-3-4-11(10(13)6-8)17(14,15)7-9-2-1-5-16-9/h3-4,6,9H,1-2,5,7,13H2. The Kier molecular flexibility index (Phi) is 3.35. The topological polar surface area (TPSA) is 69.4 Å². The van der Waals surface area contributed by atoms with Crippen LogP contribution in [0, 0.1) is 5.82 Å². The minimum Gasteiger partial charge on any atom is -0.398 e. The quantitative estimate of drug-likeness (QED) is 0.657. The maximum atomic E-state index is 12.8. The van der Waals surface area contributed by atoms with Crippen LogP contribution in [0.3, 0.4) is 0 Å². The number of sulfone groups is 1. The summed E-state index contributed by atoms with van der Waals surface area (Å²) in [6, 6.07) is 3.32. The van der Waals surface area contributed by atoms with E-state index in [0.717, 1.165) is 25.0 Å². The fourth-order valence-electron chi connectivity index (χ4n) is 1.91. The number of ether oxygens (including phenoxy) is 1. The van der Waals surface area contributed by atoms with Crippen molar-refractivity contribution in [2.75, 3.05) is 18.1 Å². The predicted octanol–water partition coefficient (Wildman–Crippen LogP) is 1.36. The highest BCUT2D eigenvalue weighted by atomic mass is 32.2. The van der Waals surface area contributed by atoms with Crippen molar-refractivity contribution in [3.63, 3.8) is 0 Å². The molecule has 94 valence electrons. The second-order valence-corrected chi connectivity index (χ2v) is 6.10. The Morgan fingerprint density at radius 3 is 2.82 bits per heavy atom. The lowest BCUT2D eigenvalue weighted by atomic mass is 10.3. The minimum absolute atomic E-state index is 0.0191. The maximum Gasteiger partial charge on any atom is 0.182 e. The van der Waals surface area contributed by atoms with E-state index in [0.29, 0.717) is 6.61 Å². The van der Waals surface area contributed by atoms with E-state index in [1.807, 2.05) is 0 Å². The minimum atomic E-state index is -3.51. The molecule has 17 heavy (non-hydrogen) atoms. The van der Waals surface area contributed by atoms with Crippen LogP contribution in [0.1, 0.15) is 12.8 Å². The van der Waals surface area contributed by atoms with Gasteiger partial charge in [0, 0.05) is 6.61 Å². The van der Waals surface area contributed by atoms with Crippen LogP contribution in [0.25, 0.3) is 0 Å². The Bertz CT molecular complexity index is 509. The monoisotopic (exact) mass is 259 g/mol. The normalized spacial score (nSPS) is 20.6. The van der Waals surface area contributed by atoms with Crippen LogP contribution in [0.15, 0.2) is 23.1 Å². The van der Waals surface area contributed by atoms with Crippen LogP contribution in [-0.2, 0) is 14.6 Å². The van der Waals surface area contributed by atoms with E-state index in [1.165, 1.54) is 6.07 Å². The molecule has 1 aromatic carbocycles. The van der Waals surface area contributed by atoms with E-state index in [4.69, 9.17) is 10.5 Å². The van der Waals surface area contributed by atoms with Crippen molar-refractivity contribution in [3.8, 4) is 0 Å². The summed E-state index contributed by atoms with van der Waals surface area (Å²) in [6.07, 6.45) is 1.34. The Hall–Kier alpha value is -1.14. The number of rotatable bonds is 3. The van der Waals surface area contributed by atoms with Gasteiger partial charge in [-0.3, -0.25) is 0 Å². The van der Waals surface area contributed by atoms with Gasteiger partial charge in [-0.1, -0.05) is 0 Å². The zero-order chi connectivity index (χ0) is 12.5. The number of hydrogen-bond acceptors (Lipinski definition) is 4. The van der Waals surface area contributed by atoms with Crippen LogP contribution in [-0.4, -0.2) is 26.9 Å². The van der Waals surface area contributed by atoms with E-state index in [9.17, 15) is 12.8 Å². The van der Waals surface area contributed by atoms with E-state index in [2.05, 4.69) is 0 Å². The molecule has 0 spiro atoms. The molecule has 0 amide bonds. The Morgan fingerprint density at radius 1 is 1.47 bits per heavy atom. The molecule has 0 aliphatic carbocycles. The zero-order valence-corrected chi connectivity index (χ0v) is 10.0. The number of nitrogen functional groups attached to an aromatic ring is 1. The molecule has 1 aliphatic heterocycles. The number of benzene rings is 1. The van der Waals surface area contributed by atoms with Crippen molar-refractivity contribution >= 4 is 15.5 Å². The van der Waals surface area contributed by atoms with Gasteiger partial charge in [0.2, 0.25) is 0 Å². The van der Waals surface area contributed by atoms with Crippen LogP contribution < -0.4 is 5.73 Å². The van der Waals surface area contributed by atoms with Gasteiger partial charge in [-0.2, -0.15) is 0 Å². The molecular formula is C11H14FNO3S. The third kappa shape index (κ3) is 2.76. The van der Waals surface area contributed by atoms with E-state index < -0.39 is 15.7 Å². The first-order chi connectivity index (χ1) is 7.99. The van der Waals surface area contributed by atoms with Crippen LogP contribution in [0.4, 0.5) is 10.1 Å². The molecule has 2 N–H and O–H groups in total. The summed E-state index contributed by atoms with van der Waals surface area (Å²) in [5, 5.41) is 0. The van der Waals surface area contributed by atoms with Gasteiger partial charge in [-0.25, -0.2) is 12.8 Å². The van der Waals surface area contributed by atoms with Crippen molar-refractivity contribution in [1.29, 1.82) is 0 Å². The molecule has 1 atom stereocenters. The summed E-state index contributed by atoms with van der Waals surface area (Å²) in [6.45, 7) is 0.596. The first kappa shape index (κ1) is 12.3. The summed E-state index contributed by atoms with van der Waals surface area (Å²) in [4.78, 5) is -0.0191. The molecular weight excluding hydrogens is 245 g/mol. The highest BCUT2D eigenvalue weighted by molar-refractivity contribution is 7.91. The van der Waals surface area contributed by atoms with Crippen molar-refractivity contribution in [3.05, 3.63) is 24.0 Å². The molecule has 1 unspecified atom stereocenters. The largest absolute Gasteiger partial charge is 0.398 e. The Balaban J connectivity index is 2.24. The smallest absolute Gasteiger partial charge is 0.182 e. The van der Waals surface area contributed by atoms with Gasteiger partial charge in [0.25, 0.3) is 0 Å². The summed E-state index contributed by atoms with van der Waals surface area (Å²) >= 11 is 0.